The minimum atomic E-state index is -0.236. The fourth-order valence-corrected chi connectivity index (χ4v) is 4.49. The average Bonchev–Trinajstić information content (AvgIpc) is 3.19. The molecule has 1 atom stereocenters. The molecule has 8 heteroatoms. The molecule has 3 heterocycles. The number of amides is 3. The van der Waals surface area contributed by atoms with Gasteiger partial charge in [-0.25, -0.2) is 4.98 Å². The van der Waals surface area contributed by atoms with Crippen LogP contribution in [0.4, 0.5) is 5.13 Å². The van der Waals surface area contributed by atoms with Crippen LogP contribution in [0.3, 0.4) is 0 Å². The molecule has 0 bridgehead atoms. The minimum Gasteiger partial charge on any atom is -0.342 e. The zero-order valence-electron chi connectivity index (χ0n) is 16.2. The van der Waals surface area contributed by atoms with Gasteiger partial charge in [0.25, 0.3) is 0 Å². The van der Waals surface area contributed by atoms with Gasteiger partial charge in [0.15, 0.2) is 5.13 Å². The lowest BCUT2D eigenvalue weighted by molar-refractivity contribution is -0.138. The molecule has 1 N–H and O–H groups in total. The second-order valence-electron chi connectivity index (χ2n) is 7.98. The highest BCUT2D eigenvalue weighted by Crippen LogP contribution is 2.25. The Hall–Kier alpha value is -1.96. The van der Waals surface area contributed by atoms with E-state index < -0.39 is 0 Å². The van der Waals surface area contributed by atoms with E-state index in [4.69, 9.17) is 0 Å². The van der Waals surface area contributed by atoms with E-state index in [9.17, 15) is 14.4 Å². The van der Waals surface area contributed by atoms with Crippen LogP contribution < -0.4 is 5.32 Å². The summed E-state index contributed by atoms with van der Waals surface area (Å²) < 4.78 is 0. The number of piperidine rings is 1. The highest BCUT2D eigenvalue weighted by molar-refractivity contribution is 7.13. The van der Waals surface area contributed by atoms with Crippen molar-refractivity contribution in [2.45, 2.75) is 40.0 Å². The Kier molecular flexibility index (Phi) is 6.14. The van der Waals surface area contributed by atoms with Gasteiger partial charge in [0.05, 0.1) is 11.6 Å². The van der Waals surface area contributed by atoms with E-state index in [1.165, 1.54) is 11.3 Å². The number of aryl methyl sites for hydroxylation is 1. The Balaban J connectivity index is 1.48. The van der Waals surface area contributed by atoms with E-state index >= 15 is 0 Å². The molecule has 1 aromatic rings. The molecule has 3 amide bonds. The number of nitrogens with zero attached hydrogens (tertiary/aromatic N) is 3. The molecule has 2 aliphatic rings. The molecule has 0 aliphatic carbocycles. The first kappa shape index (κ1) is 19.8. The highest BCUT2D eigenvalue weighted by atomic mass is 32.1. The molecule has 2 fully saturated rings. The molecule has 1 aromatic heterocycles. The molecule has 27 heavy (non-hydrogen) atoms. The molecule has 2 aliphatic heterocycles. The smallest absolute Gasteiger partial charge is 0.229 e. The quantitative estimate of drug-likeness (QED) is 0.832. The van der Waals surface area contributed by atoms with Crippen LogP contribution in [-0.4, -0.2) is 58.7 Å². The van der Waals surface area contributed by atoms with E-state index in [1.54, 1.807) is 0 Å². The lowest BCUT2D eigenvalue weighted by atomic mass is 9.94. The summed E-state index contributed by atoms with van der Waals surface area (Å²) in [6.07, 6.45) is 1.62. The lowest BCUT2D eigenvalue weighted by Gasteiger charge is -2.32. The molecule has 1 unspecified atom stereocenters. The fraction of sp³-hybridized carbons (Fsp3) is 0.684. The summed E-state index contributed by atoms with van der Waals surface area (Å²) in [7, 11) is 0. The number of hydrogen-bond acceptors (Lipinski definition) is 5. The predicted octanol–water partition coefficient (Wildman–Crippen LogP) is 2.13. The first-order valence-corrected chi connectivity index (χ1v) is 10.5. The summed E-state index contributed by atoms with van der Waals surface area (Å²) in [5, 5.41) is 5.41. The van der Waals surface area contributed by atoms with Crippen molar-refractivity contribution >= 4 is 34.2 Å². The summed E-state index contributed by atoms with van der Waals surface area (Å²) in [5.74, 6) is 0.189. The van der Waals surface area contributed by atoms with Gasteiger partial charge in [0, 0.05) is 43.9 Å². The first-order valence-electron chi connectivity index (χ1n) is 9.63. The molecule has 3 rings (SSSR count). The Bertz CT molecular complexity index is 710. The largest absolute Gasteiger partial charge is 0.342 e. The Morgan fingerprint density at radius 3 is 2.59 bits per heavy atom. The van der Waals surface area contributed by atoms with Crippen LogP contribution in [0.1, 0.15) is 38.8 Å². The molecule has 2 saturated heterocycles. The zero-order chi connectivity index (χ0) is 19.6. The standard InChI is InChI=1S/C19H28N4O3S/c1-12(2)9-23-10-15(8-16(23)24)18(26)22-6-4-14(5-7-22)17(25)21-19-20-13(3)11-27-19/h11-12,14-15H,4-10H2,1-3H3,(H,20,21,25). The normalized spacial score (nSPS) is 21.2. The van der Waals surface area contributed by atoms with Crippen molar-refractivity contribution in [3.63, 3.8) is 0 Å². The number of nitrogens with one attached hydrogen (secondary N) is 1. The Labute approximate surface area is 164 Å². The second-order valence-corrected chi connectivity index (χ2v) is 8.83. The number of likely N-dealkylation sites (tertiary alicyclic amines) is 2. The maximum absolute atomic E-state index is 12.8. The van der Waals surface area contributed by atoms with Crippen molar-refractivity contribution in [1.29, 1.82) is 0 Å². The third-order valence-electron chi connectivity index (χ3n) is 5.18. The third kappa shape index (κ3) is 4.86. The van der Waals surface area contributed by atoms with Crippen LogP contribution in [0.25, 0.3) is 0 Å². The number of anilines is 1. The number of carbonyl (C=O) groups excluding carboxylic acids is 3. The molecule has 0 spiro atoms. The topological polar surface area (TPSA) is 82.6 Å². The summed E-state index contributed by atoms with van der Waals surface area (Å²) in [4.78, 5) is 45.2. The van der Waals surface area contributed by atoms with E-state index in [0.717, 1.165) is 5.69 Å². The third-order valence-corrected chi connectivity index (χ3v) is 6.05. The molecular weight excluding hydrogens is 364 g/mol. The van der Waals surface area contributed by atoms with Crippen LogP contribution in [0.15, 0.2) is 5.38 Å². The summed E-state index contributed by atoms with van der Waals surface area (Å²) in [6.45, 7) is 8.43. The number of aromatic nitrogens is 1. The SMILES string of the molecule is Cc1csc(NC(=O)C2CCN(C(=O)C3CC(=O)N(CC(C)C)C3)CC2)n1. The van der Waals surface area contributed by atoms with E-state index in [1.807, 2.05) is 22.1 Å². The zero-order valence-corrected chi connectivity index (χ0v) is 17.1. The van der Waals surface area contributed by atoms with Crippen LogP contribution >= 0.6 is 11.3 Å². The summed E-state index contributed by atoms with van der Waals surface area (Å²) in [5.41, 5.74) is 0.897. The van der Waals surface area contributed by atoms with Gasteiger partial charge < -0.3 is 15.1 Å². The van der Waals surface area contributed by atoms with Gasteiger partial charge in [-0.05, 0) is 25.7 Å². The van der Waals surface area contributed by atoms with Crippen molar-refractivity contribution in [2.75, 3.05) is 31.5 Å². The first-order chi connectivity index (χ1) is 12.8. The van der Waals surface area contributed by atoms with Crippen molar-refractivity contribution in [3.8, 4) is 0 Å². The van der Waals surface area contributed by atoms with Crippen molar-refractivity contribution < 1.29 is 14.4 Å². The van der Waals surface area contributed by atoms with Crippen molar-refractivity contribution in [2.24, 2.45) is 17.8 Å². The Morgan fingerprint density at radius 1 is 1.30 bits per heavy atom. The van der Waals surface area contributed by atoms with Gasteiger partial charge in [0.1, 0.15) is 0 Å². The van der Waals surface area contributed by atoms with E-state index in [2.05, 4.69) is 24.1 Å². The van der Waals surface area contributed by atoms with Crippen molar-refractivity contribution in [3.05, 3.63) is 11.1 Å². The number of carbonyl (C=O) groups is 3. The fourth-order valence-electron chi connectivity index (χ4n) is 3.79. The van der Waals surface area contributed by atoms with Crippen LogP contribution in [0, 0.1) is 24.7 Å². The number of thiazole rings is 1. The van der Waals surface area contributed by atoms with Gasteiger partial charge in [-0.2, -0.15) is 0 Å². The molecular formula is C19H28N4O3S. The van der Waals surface area contributed by atoms with E-state index in [0.29, 0.717) is 56.5 Å². The van der Waals surface area contributed by atoms with Gasteiger partial charge in [0.2, 0.25) is 17.7 Å². The van der Waals surface area contributed by atoms with Crippen LogP contribution in [0.2, 0.25) is 0 Å². The summed E-state index contributed by atoms with van der Waals surface area (Å²) >= 11 is 1.42. The highest BCUT2D eigenvalue weighted by Gasteiger charge is 2.38. The maximum Gasteiger partial charge on any atom is 0.229 e. The lowest BCUT2D eigenvalue weighted by Crippen LogP contribution is -2.44. The summed E-state index contributed by atoms with van der Waals surface area (Å²) in [6, 6.07) is 0. The number of hydrogen-bond donors (Lipinski definition) is 1. The minimum absolute atomic E-state index is 0.0180. The van der Waals surface area contributed by atoms with Gasteiger partial charge >= 0.3 is 0 Å². The molecule has 0 aromatic carbocycles. The molecule has 148 valence electrons. The molecule has 7 nitrogen and oxygen atoms in total. The molecule has 0 saturated carbocycles. The Morgan fingerprint density at radius 2 is 2.00 bits per heavy atom. The van der Waals surface area contributed by atoms with Crippen molar-refractivity contribution in [1.82, 2.24) is 14.8 Å². The van der Waals surface area contributed by atoms with E-state index in [-0.39, 0.29) is 29.6 Å². The van der Waals surface area contributed by atoms with Gasteiger partial charge in [-0.3, -0.25) is 14.4 Å². The monoisotopic (exact) mass is 392 g/mol. The van der Waals surface area contributed by atoms with Crippen LogP contribution in [0.5, 0.6) is 0 Å². The molecule has 0 radical (unpaired) electrons. The van der Waals surface area contributed by atoms with Crippen LogP contribution in [-0.2, 0) is 14.4 Å². The maximum atomic E-state index is 12.8. The van der Waals surface area contributed by atoms with Gasteiger partial charge in [-0.15, -0.1) is 11.3 Å². The van der Waals surface area contributed by atoms with Gasteiger partial charge in [-0.1, -0.05) is 13.8 Å². The average molecular weight is 393 g/mol. The number of rotatable bonds is 5. The second kappa shape index (κ2) is 8.37. The predicted molar refractivity (Wildman–Crippen MR) is 104 cm³/mol.